The Bertz CT molecular complexity index is 740. The highest BCUT2D eigenvalue weighted by Crippen LogP contribution is 2.25. The van der Waals surface area contributed by atoms with Gasteiger partial charge in [0.15, 0.2) is 0 Å². The molecule has 0 spiro atoms. The summed E-state index contributed by atoms with van der Waals surface area (Å²) in [6, 6.07) is 5.66. The number of anilines is 1. The van der Waals surface area contributed by atoms with E-state index in [4.69, 9.17) is 0 Å². The molecule has 0 saturated carbocycles. The zero-order chi connectivity index (χ0) is 17.9. The van der Waals surface area contributed by atoms with Gasteiger partial charge in [0.1, 0.15) is 0 Å². The molecule has 128 valence electrons. The van der Waals surface area contributed by atoms with E-state index >= 15 is 0 Å². The lowest BCUT2D eigenvalue weighted by molar-refractivity contribution is -0.136. The summed E-state index contributed by atoms with van der Waals surface area (Å²) < 4.78 is 0. The molecule has 2 rings (SSSR count). The number of nitrogens with zero attached hydrogens (tertiary/aromatic N) is 1. The van der Waals surface area contributed by atoms with Gasteiger partial charge in [0.25, 0.3) is 0 Å². The Morgan fingerprint density at radius 1 is 1.08 bits per heavy atom. The first-order chi connectivity index (χ1) is 11.1. The zero-order valence-corrected chi connectivity index (χ0v) is 15.5. The molecule has 2 aromatic rings. The van der Waals surface area contributed by atoms with Gasteiger partial charge >= 0.3 is 11.8 Å². The first-order valence-corrected chi connectivity index (χ1v) is 8.65. The van der Waals surface area contributed by atoms with Gasteiger partial charge in [-0.2, -0.15) is 0 Å². The van der Waals surface area contributed by atoms with Gasteiger partial charge in [0, 0.05) is 16.5 Å². The van der Waals surface area contributed by atoms with Crippen LogP contribution in [0.1, 0.15) is 42.6 Å². The third kappa shape index (κ3) is 4.89. The molecule has 1 heterocycles. The van der Waals surface area contributed by atoms with Gasteiger partial charge in [0.05, 0.1) is 17.2 Å². The third-order valence-electron chi connectivity index (χ3n) is 3.31. The maximum atomic E-state index is 12.0. The van der Waals surface area contributed by atoms with Crippen molar-refractivity contribution in [1.29, 1.82) is 0 Å². The summed E-state index contributed by atoms with van der Waals surface area (Å²) in [6.45, 7) is 10.4. The molecule has 0 saturated heterocycles. The van der Waals surface area contributed by atoms with E-state index in [0.717, 1.165) is 21.8 Å². The largest absolute Gasteiger partial charge is 0.342 e. The first-order valence-electron chi connectivity index (χ1n) is 7.77. The predicted octanol–water partition coefficient (Wildman–Crippen LogP) is 3.31. The van der Waals surface area contributed by atoms with Crippen molar-refractivity contribution >= 4 is 28.8 Å². The molecule has 0 aliphatic rings. The molecule has 2 N–H and O–H groups in total. The molecule has 5 nitrogen and oxygen atoms in total. The van der Waals surface area contributed by atoms with E-state index in [2.05, 4.69) is 36.4 Å². The van der Waals surface area contributed by atoms with Gasteiger partial charge in [-0.05, 0) is 37.1 Å². The van der Waals surface area contributed by atoms with E-state index < -0.39 is 11.8 Å². The van der Waals surface area contributed by atoms with Gasteiger partial charge in [-0.3, -0.25) is 9.59 Å². The van der Waals surface area contributed by atoms with Crippen LogP contribution in [0.5, 0.6) is 0 Å². The van der Waals surface area contributed by atoms with Crippen molar-refractivity contribution in [3.8, 4) is 0 Å². The van der Waals surface area contributed by atoms with Crippen molar-refractivity contribution < 1.29 is 9.59 Å². The monoisotopic (exact) mass is 345 g/mol. The first kappa shape index (κ1) is 18.1. The van der Waals surface area contributed by atoms with Gasteiger partial charge in [-0.15, -0.1) is 11.3 Å². The number of rotatable bonds is 3. The number of amides is 2. The second-order valence-electron chi connectivity index (χ2n) is 6.91. The van der Waals surface area contributed by atoms with Crippen LogP contribution in [0.4, 0.5) is 5.69 Å². The fraction of sp³-hybridized carbons (Fsp3) is 0.389. The molecule has 0 aliphatic carbocycles. The molecular formula is C18H23N3O2S. The molecule has 0 atom stereocenters. The Morgan fingerprint density at radius 2 is 1.71 bits per heavy atom. The van der Waals surface area contributed by atoms with Gasteiger partial charge in [-0.1, -0.05) is 26.8 Å². The topological polar surface area (TPSA) is 71.1 Å². The summed E-state index contributed by atoms with van der Waals surface area (Å²) in [5, 5.41) is 8.14. The zero-order valence-electron chi connectivity index (χ0n) is 14.7. The second kappa shape index (κ2) is 7.13. The highest BCUT2D eigenvalue weighted by Gasteiger charge is 2.19. The number of hydrogen-bond acceptors (Lipinski definition) is 4. The van der Waals surface area contributed by atoms with Gasteiger partial charge in [0.2, 0.25) is 0 Å². The Kier molecular flexibility index (Phi) is 5.39. The van der Waals surface area contributed by atoms with Crippen LogP contribution >= 0.6 is 11.3 Å². The van der Waals surface area contributed by atoms with E-state index in [-0.39, 0.29) is 12.0 Å². The molecule has 0 aliphatic heterocycles. The Morgan fingerprint density at radius 3 is 2.25 bits per heavy atom. The summed E-state index contributed by atoms with van der Waals surface area (Å²) in [4.78, 5) is 28.4. The van der Waals surface area contributed by atoms with Crippen LogP contribution in [0.2, 0.25) is 0 Å². The molecule has 1 aromatic carbocycles. The van der Waals surface area contributed by atoms with Crippen LogP contribution in [-0.2, 0) is 21.5 Å². The highest BCUT2D eigenvalue weighted by atomic mass is 32.1. The van der Waals surface area contributed by atoms with Gasteiger partial charge in [-0.25, -0.2) is 4.98 Å². The maximum absolute atomic E-state index is 12.0. The smallest absolute Gasteiger partial charge is 0.313 e. The number of aromatic nitrogens is 1. The van der Waals surface area contributed by atoms with E-state index in [1.807, 2.05) is 37.4 Å². The normalized spacial score (nSPS) is 11.2. The lowest BCUT2D eigenvalue weighted by Crippen LogP contribution is -2.35. The molecule has 0 unspecified atom stereocenters. The van der Waals surface area contributed by atoms with E-state index in [9.17, 15) is 9.59 Å². The SMILES string of the molecule is Cc1cc(C)cc(NC(=O)C(=O)NCc2csc(C(C)(C)C)n2)c1. The minimum Gasteiger partial charge on any atom is -0.342 e. The molecule has 2 amide bonds. The molecular weight excluding hydrogens is 322 g/mol. The van der Waals surface area contributed by atoms with Crippen LogP contribution < -0.4 is 10.6 Å². The number of thiazole rings is 1. The van der Waals surface area contributed by atoms with E-state index in [1.165, 1.54) is 0 Å². The second-order valence-corrected chi connectivity index (χ2v) is 7.77. The number of aryl methyl sites for hydroxylation is 2. The summed E-state index contributed by atoms with van der Waals surface area (Å²) >= 11 is 1.56. The van der Waals surface area contributed by atoms with E-state index in [0.29, 0.717) is 5.69 Å². The molecule has 0 radical (unpaired) electrons. The maximum Gasteiger partial charge on any atom is 0.313 e. The van der Waals surface area contributed by atoms with E-state index in [1.54, 1.807) is 11.3 Å². The minimum atomic E-state index is -0.675. The van der Waals surface area contributed by atoms with Crippen LogP contribution in [0.3, 0.4) is 0 Å². The van der Waals surface area contributed by atoms with Crippen LogP contribution in [0.25, 0.3) is 0 Å². The summed E-state index contributed by atoms with van der Waals surface area (Å²) in [5.74, 6) is -1.34. The number of carbonyl (C=O) groups excluding carboxylic acids is 2. The molecule has 6 heteroatoms. The van der Waals surface area contributed by atoms with Crippen LogP contribution in [0.15, 0.2) is 23.6 Å². The predicted molar refractivity (Wildman–Crippen MR) is 97.2 cm³/mol. The average molecular weight is 345 g/mol. The third-order valence-corrected chi connectivity index (χ3v) is 4.63. The number of nitrogens with one attached hydrogen (secondary N) is 2. The van der Waals surface area contributed by atoms with Crippen LogP contribution in [-0.4, -0.2) is 16.8 Å². The van der Waals surface area contributed by atoms with Crippen molar-refractivity contribution in [2.45, 2.75) is 46.6 Å². The molecule has 1 aromatic heterocycles. The van der Waals surface area contributed by atoms with Crippen molar-refractivity contribution in [3.63, 3.8) is 0 Å². The Balaban J connectivity index is 1.92. The molecule has 0 bridgehead atoms. The molecule has 0 fully saturated rings. The fourth-order valence-electron chi connectivity index (χ4n) is 2.22. The van der Waals surface area contributed by atoms with Crippen LogP contribution in [0, 0.1) is 13.8 Å². The summed E-state index contributed by atoms with van der Waals surface area (Å²) in [5.41, 5.74) is 3.42. The number of hydrogen-bond donors (Lipinski definition) is 2. The standard InChI is InChI=1S/C18H23N3O2S/c1-11-6-12(2)8-13(7-11)20-16(23)15(22)19-9-14-10-24-17(21-14)18(3,4)5/h6-8,10H,9H2,1-5H3,(H,19,22)(H,20,23). The minimum absolute atomic E-state index is 0.0205. The Hall–Kier alpha value is -2.21. The number of benzene rings is 1. The average Bonchev–Trinajstić information content (AvgIpc) is 2.92. The fourth-order valence-corrected chi connectivity index (χ4v) is 3.13. The number of carbonyl (C=O) groups is 2. The van der Waals surface area contributed by atoms with Crippen molar-refractivity contribution in [1.82, 2.24) is 10.3 Å². The Labute approximate surface area is 146 Å². The van der Waals surface area contributed by atoms with Crippen molar-refractivity contribution in [2.75, 3.05) is 5.32 Å². The molecule has 24 heavy (non-hydrogen) atoms. The van der Waals surface area contributed by atoms with Gasteiger partial charge < -0.3 is 10.6 Å². The highest BCUT2D eigenvalue weighted by molar-refractivity contribution is 7.09. The lowest BCUT2D eigenvalue weighted by atomic mass is 9.98. The van der Waals surface area contributed by atoms with Crippen molar-refractivity contribution in [3.05, 3.63) is 45.4 Å². The summed E-state index contributed by atoms with van der Waals surface area (Å²) in [7, 11) is 0. The summed E-state index contributed by atoms with van der Waals surface area (Å²) in [6.07, 6.45) is 0. The van der Waals surface area contributed by atoms with Crippen molar-refractivity contribution in [2.24, 2.45) is 0 Å². The quantitative estimate of drug-likeness (QED) is 0.839. The lowest BCUT2D eigenvalue weighted by Gasteiger charge is -2.13.